The Morgan fingerprint density at radius 1 is 1.07 bits per heavy atom. The molecule has 3 aromatic rings. The van der Waals surface area contributed by atoms with Crippen molar-refractivity contribution in [3.05, 3.63) is 60.0 Å². The van der Waals surface area contributed by atoms with Gasteiger partial charge in [0.25, 0.3) is 5.89 Å². The third-order valence-corrected chi connectivity index (χ3v) is 5.08. The number of pyridine rings is 1. The minimum atomic E-state index is 0.157. The predicted molar refractivity (Wildman–Crippen MR) is 103 cm³/mol. The average Bonchev–Trinajstić information content (AvgIpc) is 3.22. The summed E-state index contributed by atoms with van der Waals surface area (Å²) in [4.78, 5) is 11.3. The first-order chi connectivity index (χ1) is 13.3. The van der Waals surface area contributed by atoms with Gasteiger partial charge >= 0.3 is 0 Å². The van der Waals surface area contributed by atoms with Gasteiger partial charge in [-0.1, -0.05) is 35.5 Å². The highest BCUT2D eigenvalue weighted by Crippen LogP contribution is 2.25. The van der Waals surface area contributed by atoms with Crippen molar-refractivity contribution in [2.24, 2.45) is 0 Å². The van der Waals surface area contributed by atoms with Crippen molar-refractivity contribution in [2.75, 3.05) is 18.1 Å². The molecule has 0 radical (unpaired) electrons. The van der Waals surface area contributed by atoms with Crippen LogP contribution in [0.4, 0.5) is 5.82 Å². The summed E-state index contributed by atoms with van der Waals surface area (Å²) in [5.41, 5.74) is 2.07. The van der Waals surface area contributed by atoms with E-state index in [1.54, 1.807) is 6.20 Å². The number of aromatic nitrogens is 3. The zero-order valence-corrected chi connectivity index (χ0v) is 15.3. The number of aryl methyl sites for hydroxylation is 2. The first-order valence-electron chi connectivity index (χ1n) is 9.54. The van der Waals surface area contributed by atoms with Crippen LogP contribution in [-0.4, -0.2) is 39.4 Å². The molecule has 0 aliphatic carbocycles. The van der Waals surface area contributed by atoms with Crippen LogP contribution in [0.5, 0.6) is 0 Å². The topological polar surface area (TPSA) is 75.3 Å². The molecule has 0 spiro atoms. The Labute approximate surface area is 158 Å². The van der Waals surface area contributed by atoms with E-state index in [9.17, 15) is 5.11 Å². The molecular weight excluding hydrogens is 340 g/mol. The van der Waals surface area contributed by atoms with Crippen molar-refractivity contribution in [2.45, 2.75) is 38.1 Å². The molecule has 140 valence electrons. The van der Waals surface area contributed by atoms with Gasteiger partial charge < -0.3 is 14.5 Å². The van der Waals surface area contributed by atoms with E-state index in [1.165, 1.54) is 5.56 Å². The molecule has 1 saturated heterocycles. The summed E-state index contributed by atoms with van der Waals surface area (Å²) < 4.78 is 5.41. The molecule has 3 heterocycles. The zero-order valence-electron chi connectivity index (χ0n) is 15.3. The molecule has 27 heavy (non-hydrogen) atoms. The highest BCUT2D eigenvalue weighted by Gasteiger charge is 2.23. The smallest absolute Gasteiger partial charge is 0.259 e. The van der Waals surface area contributed by atoms with Gasteiger partial charge in [0, 0.05) is 19.2 Å². The Hall–Kier alpha value is -2.73. The van der Waals surface area contributed by atoms with E-state index in [2.05, 4.69) is 32.2 Å². The lowest BCUT2D eigenvalue weighted by atomic mass is 10.0. The SMILES string of the molecule is OC[C@@H]1CCCCN1c1ccc(-c2nc(CCc3ccccc3)no2)cn1. The van der Waals surface area contributed by atoms with Crippen molar-refractivity contribution >= 4 is 5.82 Å². The summed E-state index contributed by atoms with van der Waals surface area (Å²) in [5, 5.41) is 13.7. The van der Waals surface area contributed by atoms with Crippen LogP contribution in [0.15, 0.2) is 53.2 Å². The zero-order chi connectivity index (χ0) is 18.5. The second kappa shape index (κ2) is 8.31. The summed E-state index contributed by atoms with van der Waals surface area (Å²) in [5.74, 6) is 2.09. The number of hydrogen-bond acceptors (Lipinski definition) is 6. The van der Waals surface area contributed by atoms with Crippen molar-refractivity contribution in [1.82, 2.24) is 15.1 Å². The summed E-state index contributed by atoms with van der Waals surface area (Å²) in [7, 11) is 0. The number of anilines is 1. The molecular formula is C21H24N4O2. The van der Waals surface area contributed by atoms with E-state index in [0.29, 0.717) is 11.7 Å². The summed E-state index contributed by atoms with van der Waals surface area (Å²) in [6.07, 6.45) is 6.70. The normalized spacial score (nSPS) is 17.2. The molecule has 1 N–H and O–H groups in total. The third-order valence-electron chi connectivity index (χ3n) is 5.08. The van der Waals surface area contributed by atoms with Crippen LogP contribution >= 0.6 is 0 Å². The fraction of sp³-hybridized carbons (Fsp3) is 0.381. The van der Waals surface area contributed by atoms with Crippen molar-refractivity contribution in [1.29, 1.82) is 0 Å². The van der Waals surface area contributed by atoms with E-state index < -0.39 is 0 Å². The highest BCUT2D eigenvalue weighted by molar-refractivity contribution is 5.55. The maximum Gasteiger partial charge on any atom is 0.259 e. The van der Waals surface area contributed by atoms with Gasteiger partial charge in [0.2, 0.25) is 0 Å². The maximum absolute atomic E-state index is 9.59. The van der Waals surface area contributed by atoms with E-state index >= 15 is 0 Å². The molecule has 1 aromatic carbocycles. The Kier molecular flexibility index (Phi) is 5.44. The van der Waals surface area contributed by atoms with Gasteiger partial charge in [-0.05, 0) is 43.4 Å². The largest absolute Gasteiger partial charge is 0.394 e. The number of nitrogens with zero attached hydrogens (tertiary/aromatic N) is 4. The molecule has 1 fully saturated rings. The lowest BCUT2D eigenvalue weighted by molar-refractivity contribution is 0.239. The van der Waals surface area contributed by atoms with Crippen LogP contribution < -0.4 is 4.90 Å². The van der Waals surface area contributed by atoms with E-state index in [0.717, 1.165) is 50.0 Å². The minimum absolute atomic E-state index is 0.157. The number of piperidine rings is 1. The fourth-order valence-corrected chi connectivity index (χ4v) is 3.55. The van der Waals surface area contributed by atoms with Crippen molar-refractivity contribution < 1.29 is 9.63 Å². The van der Waals surface area contributed by atoms with Gasteiger partial charge in [0.1, 0.15) is 5.82 Å². The van der Waals surface area contributed by atoms with Crippen molar-refractivity contribution in [3.63, 3.8) is 0 Å². The van der Waals surface area contributed by atoms with Gasteiger partial charge in [0.15, 0.2) is 5.82 Å². The third kappa shape index (κ3) is 4.17. The molecule has 0 unspecified atom stereocenters. The first kappa shape index (κ1) is 17.7. The lowest BCUT2D eigenvalue weighted by Gasteiger charge is -2.35. The number of rotatable bonds is 6. The molecule has 1 atom stereocenters. The van der Waals surface area contributed by atoms with Gasteiger partial charge in [-0.2, -0.15) is 4.98 Å². The molecule has 6 heteroatoms. The molecule has 0 saturated carbocycles. The maximum atomic E-state index is 9.59. The standard InChI is InChI=1S/C21H24N4O2/c26-15-18-8-4-5-13-25(18)20-12-10-17(14-22-20)21-23-19(24-27-21)11-9-16-6-2-1-3-7-16/h1-3,6-7,10,12,14,18,26H,4-5,8-9,11,13,15H2/t18-/m0/s1. The van der Waals surface area contributed by atoms with Crippen LogP contribution in [0.3, 0.4) is 0 Å². The van der Waals surface area contributed by atoms with Crippen LogP contribution in [0.1, 0.15) is 30.7 Å². The molecule has 1 aliphatic rings. The highest BCUT2D eigenvalue weighted by atomic mass is 16.5. The Morgan fingerprint density at radius 2 is 1.96 bits per heavy atom. The monoisotopic (exact) mass is 364 g/mol. The van der Waals surface area contributed by atoms with Gasteiger partial charge in [-0.3, -0.25) is 0 Å². The van der Waals surface area contributed by atoms with Gasteiger partial charge in [-0.25, -0.2) is 4.98 Å². The summed E-state index contributed by atoms with van der Waals surface area (Å²) in [6, 6.07) is 14.4. The molecule has 6 nitrogen and oxygen atoms in total. The summed E-state index contributed by atoms with van der Waals surface area (Å²) in [6.45, 7) is 1.10. The molecule has 0 amide bonds. The quantitative estimate of drug-likeness (QED) is 0.723. The van der Waals surface area contributed by atoms with E-state index in [4.69, 9.17) is 4.52 Å². The average molecular weight is 364 g/mol. The lowest BCUT2D eigenvalue weighted by Crippen LogP contribution is -2.42. The fourth-order valence-electron chi connectivity index (χ4n) is 3.55. The Morgan fingerprint density at radius 3 is 2.74 bits per heavy atom. The van der Waals surface area contributed by atoms with Crippen molar-refractivity contribution in [3.8, 4) is 11.5 Å². The van der Waals surface area contributed by atoms with Gasteiger partial charge in [0.05, 0.1) is 18.2 Å². The second-order valence-corrected chi connectivity index (χ2v) is 6.93. The number of benzene rings is 1. The van der Waals surface area contributed by atoms with Crippen LogP contribution in [0.25, 0.3) is 11.5 Å². The second-order valence-electron chi connectivity index (χ2n) is 6.93. The van der Waals surface area contributed by atoms with E-state index in [1.807, 2.05) is 30.3 Å². The van der Waals surface area contributed by atoms with Gasteiger partial charge in [-0.15, -0.1) is 0 Å². The molecule has 0 bridgehead atoms. The van der Waals surface area contributed by atoms with E-state index in [-0.39, 0.29) is 12.6 Å². The van der Waals surface area contributed by atoms with Crippen LogP contribution in [0, 0.1) is 0 Å². The number of aliphatic hydroxyl groups excluding tert-OH is 1. The van der Waals surface area contributed by atoms with Crippen LogP contribution in [-0.2, 0) is 12.8 Å². The Bertz CT molecular complexity index is 848. The number of hydrogen-bond donors (Lipinski definition) is 1. The minimum Gasteiger partial charge on any atom is -0.394 e. The molecule has 4 rings (SSSR count). The molecule has 2 aromatic heterocycles. The summed E-state index contributed by atoms with van der Waals surface area (Å²) >= 11 is 0. The first-order valence-corrected chi connectivity index (χ1v) is 9.54. The number of aliphatic hydroxyl groups is 1. The molecule has 1 aliphatic heterocycles. The Balaban J connectivity index is 1.42. The predicted octanol–water partition coefficient (Wildman–Crippen LogP) is 3.27. The van der Waals surface area contributed by atoms with Crippen LogP contribution in [0.2, 0.25) is 0 Å².